The summed E-state index contributed by atoms with van der Waals surface area (Å²) in [5, 5.41) is 0. The summed E-state index contributed by atoms with van der Waals surface area (Å²) in [6.45, 7) is 1.98. The van der Waals surface area contributed by atoms with Crippen LogP contribution in [0.4, 0.5) is 0 Å². The monoisotopic (exact) mass is 193 g/mol. The molecule has 0 N–H and O–H groups in total. The van der Waals surface area contributed by atoms with Gasteiger partial charge >= 0.3 is 11.9 Å². The number of ether oxygens (including phenoxy) is 2. The fraction of sp³-hybridized carbons (Fsp3) is 0.571. The van der Waals surface area contributed by atoms with E-state index in [2.05, 4.69) is 9.47 Å². The minimum atomic E-state index is -0.728. The molecule has 0 saturated carbocycles. The molecule has 0 saturated heterocycles. The molecule has 0 spiro atoms. The second kappa shape index (κ2) is 6.91. The summed E-state index contributed by atoms with van der Waals surface area (Å²) in [4.78, 5) is 21.3. The number of hydrogen-bond donors (Lipinski definition) is 0. The number of carbonyl (C=O) groups is 2. The molecule has 0 aliphatic carbocycles. The molecule has 0 atom stereocenters. The zero-order valence-corrected chi connectivity index (χ0v) is 7.47. The van der Waals surface area contributed by atoms with Gasteiger partial charge < -0.3 is 9.47 Å². The first-order valence-electron chi connectivity index (χ1n) is 3.45. The molecular formula is C7H10ClO4. The molecular weight excluding hydrogens is 184 g/mol. The zero-order valence-electron chi connectivity index (χ0n) is 6.71. The number of alkyl halides is 1. The van der Waals surface area contributed by atoms with Gasteiger partial charge in [-0.25, -0.2) is 0 Å². The number of hydrogen-bond acceptors (Lipinski definition) is 4. The van der Waals surface area contributed by atoms with Crippen LogP contribution < -0.4 is 0 Å². The largest absolute Gasteiger partial charge is 0.465 e. The standard InChI is InChI=1S/C7H10ClO4/c1-2-11-6(9)5-7(10)12-4-3-8/h5H,2-4H2,1H3. The number of carbonyl (C=O) groups excluding carboxylic acids is 2. The maximum atomic E-state index is 10.6. The first kappa shape index (κ1) is 11.2. The fourth-order valence-corrected chi connectivity index (χ4v) is 0.538. The third kappa shape index (κ3) is 5.97. The molecule has 0 aliphatic heterocycles. The third-order valence-electron chi connectivity index (χ3n) is 0.844. The Labute approximate surface area is 75.8 Å². The molecule has 69 valence electrons. The van der Waals surface area contributed by atoms with E-state index in [9.17, 15) is 9.59 Å². The highest BCUT2D eigenvalue weighted by Gasteiger charge is 2.11. The summed E-state index contributed by atoms with van der Waals surface area (Å²) >= 11 is 5.24. The summed E-state index contributed by atoms with van der Waals surface area (Å²) in [6, 6.07) is 0. The van der Waals surface area contributed by atoms with E-state index in [-0.39, 0.29) is 19.1 Å². The van der Waals surface area contributed by atoms with Gasteiger partial charge in [-0.2, -0.15) is 0 Å². The molecule has 5 heteroatoms. The first-order chi connectivity index (χ1) is 5.70. The number of rotatable bonds is 5. The molecule has 0 aromatic heterocycles. The summed E-state index contributed by atoms with van der Waals surface area (Å²) in [6.07, 6.45) is 0.746. The molecule has 0 heterocycles. The molecule has 0 rings (SSSR count). The summed E-state index contributed by atoms with van der Waals surface area (Å²) in [7, 11) is 0. The van der Waals surface area contributed by atoms with Crippen molar-refractivity contribution in [3.63, 3.8) is 0 Å². The SMILES string of the molecule is CCOC(=O)[CH]C(=O)OCCCl. The van der Waals surface area contributed by atoms with Crippen molar-refractivity contribution in [1.29, 1.82) is 0 Å². The Morgan fingerprint density at radius 1 is 1.33 bits per heavy atom. The van der Waals surface area contributed by atoms with Gasteiger partial charge in [0, 0.05) is 0 Å². The normalized spacial score (nSPS) is 9.17. The van der Waals surface area contributed by atoms with E-state index in [1.807, 2.05) is 0 Å². The van der Waals surface area contributed by atoms with Crippen molar-refractivity contribution < 1.29 is 19.1 Å². The molecule has 0 unspecified atom stereocenters. The van der Waals surface area contributed by atoms with E-state index in [1.54, 1.807) is 6.92 Å². The maximum Gasteiger partial charge on any atom is 0.321 e. The predicted octanol–water partition coefficient (Wildman–Crippen LogP) is 0.536. The summed E-state index contributed by atoms with van der Waals surface area (Å²) in [5.41, 5.74) is 0. The average Bonchev–Trinajstić information content (AvgIpc) is 2.01. The van der Waals surface area contributed by atoms with Crippen molar-refractivity contribution in [2.75, 3.05) is 19.1 Å². The lowest BCUT2D eigenvalue weighted by molar-refractivity contribution is -0.147. The van der Waals surface area contributed by atoms with E-state index < -0.39 is 11.9 Å². The van der Waals surface area contributed by atoms with Crippen LogP contribution in [0, 0.1) is 6.42 Å². The lowest BCUT2D eigenvalue weighted by Gasteiger charge is -2.01. The van der Waals surface area contributed by atoms with Gasteiger partial charge in [0.25, 0.3) is 0 Å². The quantitative estimate of drug-likeness (QED) is 0.363. The fourth-order valence-electron chi connectivity index (χ4n) is 0.461. The van der Waals surface area contributed by atoms with Gasteiger partial charge in [0.1, 0.15) is 6.61 Å². The lowest BCUT2D eigenvalue weighted by Crippen LogP contribution is -2.15. The Balaban J connectivity index is 3.47. The van der Waals surface area contributed by atoms with Crippen LogP contribution in [0.15, 0.2) is 0 Å². The second-order valence-corrected chi connectivity index (χ2v) is 2.13. The van der Waals surface area contributed by atoms with E-state index in [0.29, 0.717) is 0 Å². The Morgan fingerprint density at radius 2 is 1.92 bits per heavy atom. The highest BCUT2D eigenvalue weighted by atomic mass is 35.5. The molecule has 0 amide bonds. The molecule has 0 bridgehead atoms. The van der Waals surface area contributed by atoms with Gasteiger partial charge in [-0.15, -0.1) is 11.6 Å². The highest BCUT2D eigenvalue weighted by molar-refractivity contribution is 6.18. The molecule has 12 heavy (non-hydrogen) atoms. The van der Waals surface area contributed by atoms with Crippen LogP contribution in [0.5, 0.6) is 0 Å². The van der Waals surface area contributed by atoms with Crippen molar-refractivity contribution in [3.8, 4) is 0 Å². The summed E-state index contributed by atoms with van der Waals surface area (Å²) in [5.74, 6) is -1.21. The Hall–Kier alpha value is -0.770. The minimum absolute atomic E-state index is 0.0935. The third-order valence-corrected chi connectivity index (χ3v) is 0.998. The first-order valence-corrected chi connectivity index (χ1v) is 3.98. The number of esters is 2. The van der Waals surface area contributed by atoms with Crippen LogP contribution in [0.2, 0.25) is 0 Å². The summed E-state index contributed by atoms with van der Waals surface area (Å²) < 4.78 is 8.95. The van der Waals surface area contributed by atoms with Crippen molar-refractivity contribution >= 4 is 23.5 Å². The van der Waals surface area contributed by atoms with Crippen molar-refractivity contribution in [2.24, 2.45) is 0 Å². The lowest BCUT2D eigenvalue weighted by atomic mass is 10.4. The molecule has 0 aromatic carbocycles. The van der Waals surface area contributed by atoms with Crippen molar-refractivity contribution in [3.05, 3.63) is 6.42 Å². The predicted molar refractivity (Wildman–Crippen MR) is 42.6 cm³/mol. The van der Waals surface area contributed by atoms with E-state index in [1.165, 1.54) is 0 Å². The Morgan fingerprint density at radius 3 is 2.42 bits per heavy atom. The van der Waals surface area contributed by atoms with E-state index in [0.717, 1.165) is 6.42 Å². The van der Waals surface area contributed by atoms with E-state index in [4.69, 9.17) is 11.6 Å². The Bertz CT molecular complexity index is 157. The minimum Gasteiger partial charge on any atom is -0.465 e. The average molecular weight is 194 g/mol. The molecule has 4 nitrogen and oxygen atoms in total. The number of halogens is 1. The smallest absolute Gasteiger partial charge is 0.321 e. The molecule has 1 radical (unpaired) electrons. The highest BCUT2D eigenvalue weighted by Crippen LogP contribution is 1.89. The van der Waals surface area contributed by atoms with Crippen LogP contribution in [0.1, 0.15) is 6.92 Å². The topological polar surface area (TPSA) is 52.6 Å². The van der Waals surface area contributed by atoms with Gasteiger partial charge in [-0.05, 0) is 6.92 Å². The molecule has 0 aliphatic rings. The van der Waals surface area contributed by atoms with Crippen LogP contribution >= 0.6 is 11.6 Å². The van der Waals surface area contributed by atoms with Gasteiger partial charge in [-0.1, -0.05) is 0 Å². The van der Waals surface area contributed by atoms with Gasteiger partial charge in [0.05, 0.1) is 12.5 Å². The van der Waals surface area contributed by atoms with Gasteiger partial charge in [0.2, 0.25) is 0 Å². The maximum absolute atomic E-state index is 10.6. The van der Waals surface area contributed by atoms with Crippen LogP contribution in [-0.2, 0) is 19.1 Å². The molecule has 0 fully saturated rings. The Kier molecular flexibility index (Phi) is 6.47. The zero-order chi connectivity index (χ0) is 9.40. The van der Waals surface area contributed by atoms with E-state index >= 15 is 0 Å². The van der Waals surface area contributed by atoms with Crippen LogP contribution in [-0.4, -0.2) is 31.0 Å². The van der Waals surface area contributed by atoms with Crippen molar-refractivity contribution in [2.45, 2.75) is 6.92 Å². The second-order valence-electron chi connectivity index (χ2n) is 1.75. The van der Waals surface area contributed by atoms with Gasteiger partial charge in [-0.3, -0.25) is 9.59 Å². The molecule has 0 aromatic rings. The van der Waals surface area contributed by atoms with Crippen LogP contribution in [0.25, 0.3) is 0 Å². The van der Waals surface area contributed by atoms with Gasteiger partial charge in [0.15, 0.2) is 6.42 Å². The van der Waals surface area contributed by atoms with Crippen LogP contribution in [0.3, 0.4) is 0 Å². The van der Waals surface area contributed by atoms with Crippen molar-refractivity contribution in [1.82, 2.24) is 0 Å².